The molecular formula is C17H14ClFN2O4. The molecule has 0 aliphatic heterocycles. The summed E-state index contributed by atoms with van der Waals surface area (Å²) in [6, 6.07) is 11.3. The molecule has 0 aromatic heterocycles. The van der Waals surface area contributed by atoms with Crippen LogP contribution in [0.3, 0.4) is 0 Å². The first-order valence-corrected chi connectivity index (χ1v) is 7.56. The summed E-state index contributed by atoms with van der Waals surface area (Å²) in [6.45, 7) is -0.904. The average Bonchev–Trinajstić information content (AvgIpc) is 2.60. The highest BCUT2D eigenvalue weighted by Gasteiger charge is 2.11. The first-order valence-electron chi connectivity index (χ1n) is 7.19. The molecule has 8 heteroatoms. The summed E-state index contributed by atoms with van der Waals surface area (Å²) in [7, 11) is 0. The Labute approximate surface area is 147 Å². The Morgan fingerprint density at radius 3 is 2.28 bits per heavy atom. The zero-order valence-corrected chi connectivity index (χ0v) is 13.7. The predicted molar refractivity (Wildman–Crippen MR) is 89.8 cm³/mol. The number of anilines is 1. The molecule has 2 rings (SSSR count). The fraction of sp³-hybridized carbons (Fsp3) is 0.118. The highest BCUT2D eigenvalue weighted by molar-refractivity contribution is 6.30. The van der Waals surface area contributed by atoms with E-state index in [1.54, 1.807) is 24.3 Å². The highest BCUT2D eigenvalue weighted by Crippen LogP contribution is 2.13. The van der Waals surface area contributed by atoms with Crippen molar-refractivity contribution in [2.75, 3.05) is 18.5 Å². The maximum Gasteiger partial charge on any atom is 0.325 e. The maximum atomic E-state index is 12.8. The van der Waals surface area contributed by atoms with Crippen LogP contribution in [0, 0.1) is 5.82 Å². The first kappa shape index (κ1) is 18.4. The fourth-order valence-corrected chi connectivity index (χ4v) is 1.91. The second kappa shape index (κ2) is 8.79. The Hall–Kier alpha value is -2.93. The van der Waals surface area contributed by atoms with Crippen molar-refractivity contribution in [1.82, 2.24) is 5.32 Å². The Kier molecular flexibility index (Phi) is 6.47. The van der Waals surface area contributed by atoms with E-state index in [9.17, 15) is 18.8 Å². The van der Waals surface area contributed by atoms with Crippen LogP contribution in [0.2, 0.25) is 5.02 Å². The van der Waals surface area contributed by atoms with E-state index in [2.05, 4.69) is 10.6 Å². The molecule has 2 aromatic carbocycles. The summed E-state index contributed by atoms with van der Waals surface area (Å²) in [4.78, 5) is 34.9. The van der Waals surface area contributed by atoms with Crippen LogP contribution >= 0.6 is 11.6 Å². The monoisotopic (exact) mass is 364 g/mol. The molecule has 2 aromatic rings. The molecule has 2 amide bonds. The number of halogens is 2. The number of benzene rings is 2. The Morgan fingerprint density at radius 1 is 1.00 bits per heavy atom. The van der Waals surface area contributed by atoms with Gasteiger partial charge < -0.3 is 15.4 Å². The number of rotatable bonds is 6. The molecule has 6 nitrogen and oxygen atoms in total. The van der Waals surface area contributed by atoms with E-state index in [0.29, 0.717) is 10.7 Å². The average molecular weight is 365 g/mol. The maximum absolute atomic E-state index is 12.8. The van der Waals surface area contributed by atoms with Crippen molar-refractivity contribution >= 4 is 35.1 Å². The van der Waals surface area contributed by atoms with Crippen molar-refractivity contribution in [3.05, 3.63) is 64.9 Å². The topological polar surface area (TPSA) is 84.5 Å². The SMILES string of the molecule is O=C(COC(=O)CNC(=O)c1ccc(F)cc1)Nc1ccc(Cl)cc1. The second-order valence-electron chi connectivity index (χ2n) is 4.91. The molecular weight excluding hydrogens is 351 g/mol. The van der Waals surface area contributed by atoms with Crippen molar-refractivity contribution in [3.63, 3.8) is 0 Å². The number of hydrogen-bond acceptors (Lipinski definition) is 4. The lowest BCUT2D eigenvalue weighted by atomic mass is 10.2. The van der Waals surface area contributed by atoms with Crippen LogP contribution in [-0.4, -0.2) is 30.9 Å². The molecule has 130 valence electrons. The van der Waals surface area contributed by atoms with Gasteiger partial charge in [0.1, 0.15) is 12.4 Å². The molecule has 0 spiro atoms. The standard InChI is InChI=1S/C17H14ClFN2O4/c18-12-3-7-14(8-4-12)21-15(22)10-25-16(23)9-20-17(24)11-1-5-13(19)6-2-11/h1-8H,9-10H2,(H,20,24)(H,21,22). The van der Waals surface area contributed by atoms with Gasteiger partial charge >= 0.3 is 5.97 Å². The molecule has 0 fully saturated rings. The van der Waals surface area contributed by atoms with Gasteiger partial charge in [-0.1, -0.05) is 11.6 Å². The molecule has 0 unspecified atom stereocenters. The number of ether oxygens (including phenoxy) is 1. The molecule has 0 saturated carbocycles. The van der Waals surface area contributed by atoms with Crippen LogP contribution in [0.25, 0.3) is 0 Å². The van der Waals surface area contributed by atoms with Crippen molar-refractivity contribution < 1.29 is 23.5 Å². The lowest BCUT2D eigenvalue weighted by Crippen LogP contribution is -2.32. The van der Waals surface area contributed by atoms with Crippen LogP contribution in [-0.2, 0) is 14.3 Å². The van der Waals surface area contributed by atoms with Crippen molar-refractivity contribution in [1.29, 1.82) is 0 Å². The largest absolute Gasteiger partial charge is 0.454 e. The summed E-state index contributed by atoms with van der Waals surface area (Å²) in [6.07, 6.45) is 0. The minimum atomic E-state index is -0.776. The molecule has 25 heavy (non-hydrogen) atoms. The Bertz CT molecular complexity index is 763. The first-order chi connectivity index (χ1) is 11.9. The summed E-state index contributed by atoms with van der Waals surface area (Å²) < 4.78 is 17.5. The Balaban J connectivity index is 1.71. The van der Waals surface area contributed by atoms with Crippen LogP contribution in [0.5, 0.6) is 0 Å². The number of carbonyl (C=O) groups is 3. The molecule has 0 aliphatic carbocycles. The molecule has 0 atom stereocenters. The van der Waals surface area contributed by atoms with Gasteiger partial charge in [-0.15, -0.1) is 0 Å². The number of hydrogen-bond donors (Lipinski definition) is 2. The van der Waals surface area contributed by atoms with E-state index in [1.165, 1.54) is 12.1 Å². The zero-order valence-electron chi connectivity index (χ0n) is 12.9. The highest BCUT2D eigenvalue weighted by atomic mass is 35.5. The van der Waals surface area contributed by atoms with Gasteiger partial charge in [-0.2, -0.15) is 0 Å². The van der Waals surface area contributed by atoms with E-state index in [-0.39, 0.29) is 5.56 Å². The van der Waals surface area contributed by atoms with Crippen LogP contribution in [0.4, 0.5) is 10.1 Å². The summed E-state index contributed by atoms with van der Waals surface area (Å²) in [5.74, 6) is -2.33. The van der Waals surface area contributed by atoms with E-state index in [4.69, 9.17) is 16.3 Å². The van der Waals surface area contributed by atoms with Crippen LogP contribution in [0.1, 0.15) is 10.4 Å². The van der Waals surface area contributed by atoms with Crippen molar-refractivity contribution in [2.24, 2.45) is 0 Å². The number of nitrogens with one attached hydrogen (secondary N) is 2. The number of esters is 1. The third-order valence-electron chi connectivity index (χ3n) is 2.99. The van der Waals surface area contributed by atoms with Crippen LogP contribution < -0.4 is 10.6 Å². The molecule has 0 saturated heterocycles. The van der Waals surface area contributed by atoms with Gasteiger partial charge in [-0.05, 0) is 48.5 Å². The van der Waals surface area contributed by atoms with Gasteiger partial charge in [0.25, 0.3) is 11.8 Å². The molecule has 0 aliphatic rings. The number of amides is 2. The smallest absolute Gasteiger partial charge is 0.325 e. The van der Waals surface area contributed by atoms with E-state index in [1.807, 2.05) is 0 Å². The lowest BCUT2D eigenvalue weighted by molar-refractivity contribution is -0.146. The van der Waals surface area contributed by atoms with E-state index < -0.39 is 36.8 Å². The summed E-state index contributed by atoms with van der Waals surface area (Å²) in [5.41, 5.74) is 0.713. The van der Waals surface area contributed by atoms with Gasteiger partial charge in [-0.3, -0.25) is 14.4 Å². The van der Waals surface area contributed by atoms with Gasteiger partial charge in [0.05, 0.1) is 0 Å². The van der Waals surface area contributed by atoms with Gasteiger partial charge in [0, 0.05) is 16.3 Å². The van der Waals surface area contributed by atoms with Crippen molar-refractivity contribution in [2.45, 2.75) is 0 Å². The van der Waals surface area contributed by atoms with Gasteiger partial charge in [-0.25, -0.2) is 4.39 Å². The summed E-state index contributed by atoms with van der Waals surface area (Å²) in [5, 5.41) is 5.37. The normalized spacial score (nSPS) is 10.0. The van der Waals surface area contributed by atoms with Gasteiger partial charge in [0.2, 0.25) is 0 Å². The van der Waals surface area contributed by atoms with E-state index >= 15 is 0 Å². The summed E-state index contributed by atoms with van der Waals surface area (Å²) >= 11 is 5.73. The van der Waals surface area contributed by atoms with E-state index in [0.717, 1.165) is 12.1 Å². The number of carbonyl (C=O) groups excluding carboxylic acids is 3. The quantitative estimate of drug-likeness (QED) is 0.771. The van der Waals surface area contributed by atoms with Crippen LogP contribution in [0.15, 0.2) is 48.5 Å². The molecule has 0 radical (unpaired) electrons. The fourth-order valence-electron chi connectivity index (χ4n) is 1.78. The van der Waals surface area contributed by atoms with Gasteiger partial charge in [0.15, 0.2) is 6.61 Å². The minimum absolute atomic E-state index is 0.203. The Morgan fingerprint density at radius 2 is 1.64 bits per heavy atom. The second-order valence-corrected chi connectivity index (χ2v) is 5.34. The predicted octanol–water partition coefficient (Wildman–Crippen LogP) is 2.39. The molecule has 2 N–H and O–H groups in total. The molecule has 0 heterocycles. The third kappa shape index (κ3) is 6.23. The molecule has 0 bridgehead atoms. The minimum Gasteiger partial charge on any atom is -0.454 e. The third-order valence-corrected chi connectivity index (χ3v) is 3.24. The van der Waals surface area contributed by atoms with Crippen molar-refractivity contribution in [3.8, 4) is 0 Å². The zero-order chi connectivity index (χ0) is 18.2. The lowest BCUT2D eigenvalue weighted by Gasteiger charge is -2.08.